The Morgan fingerprint density at radius 2 is 2.00 bits per heavy atom. The third kappa shape index (κ3) is 2.96. The molecule has 0 saturated carbocycles. The zero-order valence-electron chi connectivity index (χ0n) is 11.0. The van der Waals surface area contributed by atoms with Crippen molar-refractivity contribution in [2.75, 3.05) is 13.2 Å². The first kappa shape index (κ1) is 14.0. The smallest absolute Gasteiger partial charge is 0.263 e. The molecular formula is C13H18N2O3S. The molecular weight excluding hydrogens is 264 g/mol. The van der Waals surface area contributed by atoms with Gasteiger partial charge >= 0.3 is 0 Å². The standard InChI is InChI=1S/C13H18N2O3S/c1-13(2,7-8-16)9-14-12-10-5-3-4-6-11(10)19(17,18)15-12/h3-6,16H,7-9H2,1-2H3,(H,14,15). The first-order valence-electron chi connectivity index (χ1n) is 6.13. The quantitative estimate of drug-likeness (QED) is 0.869. The van der Waals surface area contributed by atoms with Crippen molar-refractivity contribution in [1.82, 2.24) is 4.72 Å². The van der Waals surface area contributed by atoms with Gasteiger partial charge in [0.05, 0.1) is 4.90 Å². The van der Waals surface area contributed by atoms with Crippen LogP contribution in [0.1, 0.15) is 25.8 Å². The highest BCUT2D eigenvalue weighted by atomic mass is 32.2. The van der Waals surface area contributed by atoms with Crippen LogP contribution in [-0.2, 0) is 10.0 Å². The van der Waals surface area contributed by atoms with Gasteiger partial charge in [-0.3, -0.25) is 9.71 Å². The van der Waals surface area contributed by atoms with Crippen LogP contribution in [0.3, 0.4) is 0 Å². The van der Waals surface area contributed by atoms with Crippen molar-refractivity contribution in [2.45, 2.75) is 25.2 Å². The van der Waals surface area contributed by atoms with Crippen LogP contribution in [0.15, 0.2) is 34.2 Å². The van der Waals surface area contributed by atoms with Gasteiger partial charge in [-0.1, -0.05) is 26.0 Å². The van der Waals surface area contributed by atoms with Crippen molar-refractivity contribution in [3.05, 3.63) is 29.8 Å². The molecule has 104 valence electrons. The number of benzene rings is 1. The number of sulfonamides is 1. The Balaban J connectivity index is 2.29. The lowest BCUT2D eigenvalue weighted by atomic mass is 9.90. The minimum Gasteiger partial charge on any atom is -0.396 e. The highest BCUT2D eigenvalue weighted by Crippen LogP contribution is 2.24. The maximum absolute atomic E-state index is 11.9. The molecule has 0 aromatic heterocycles. The molecule has 1 heterocycles. The monoisotopic (exact) mass is 282 g/mol. The third-order valence-electron chi connectivity index (χ3n) is 3.12. The predicted octanol–water partition coefficient (Wildman–Crippen LogP) is 1.13. The van der Waals surface area contributed by atoms with Crippen LogP contribution in [0, 0.1) is 5.41 Å². The fourth-order valence-corrected chi connectivity index (χ4v) is 3.18. The maximum atomic E-state index is 11.9. The summed E-state index contributed by atoms with van der Waals surface area (Å²) in [6, 6.07) is 6.79. The Hall–Kier alpha value is -1.40. The van der Waals surface area contributed by atoms with Gasteiger partial charge in [0.2, 0.25) is 0 Å². The average Bonchev–Trinajstić information content (AvgIpc) is 2.60. The van der Waals surface area contributed by atoms with E-state index in [2.05, 4.69) is 9.71 Å². The minimum absolute atomic E-state index is 0.0974. The summed E-state index contributed by atoms with van der Waals surface area (Å²) in [7, 11) is -3.46. The lowest BCUT2D eigenvalue weighted by molar-refractivity contribution is 0.217. The van der Waals surface area contributed by atoms with Crippen molar-refractivity contribution in [3.8, 4) is 0 Å². The second-order valence-electron chi connectivity index (χ2n) is 5.40. The molecule has 0 atom stereocenters. The summed E-state index contributed by atoms with van der Waals surface area (Å²) in [4.78, 5) is 4.64. The summed E-state index contributed by atoms with van der Waals surface area (Å²) in [5.74, 6) is 0.390. The number of aliphatic hydroxyl groups excluding tert-OH is 1. The molecule has 0 spiro atoms. The van der Waals surface area contributed by atoms with E-state index in [0.717, 1.165) is 0 Å². The third-order valence-corrected chi connectivity index (χ3v) is 4.51. The van der Waals surface area contributed by atoms with Crippen LogP contribution in [0.2, 0.25) is 0 Å². The van der Waals surface area contributed by atoms with E-state index < -0.39 is 10.0 Å². The van der Waals surface area contributed by atoms with E-state index in [-0.39, 0.29) is 16.9 Å². The van der Waals surface area contributed by atoms with Crippen molar-refractivity contribution in [3.63, 3.8) is 0 Å². The normalized spacial score (nSPS) is 19.2. The number of nitrogens with zero attached hydrogens (tertiary/aromatic N) is 1. The van der Waals surface area contributed by atoms with E-state index in [1.165, 1.54) is 0 Å². The summed E-state index contributed by atoms with van der Waals surface area (Å²) in [5.41, 5.74) is 0.451. The van der Waals surface area contributed by atoms with Crippen LogP contribution < -0.4 is 4.72 Å². The van der Waals surface area contributed by atoms with Crippen LogP contribution in [0.5, 0.6) is 0 Å². The van der Waals surface area contributed by atoms with Gasteiger partial charge in [-0.05, 0) is 24.0 Å². The van der Waals surface area contributed by atoms with E-state index in [1.807, 2.05) is 13.8 Å². The Morgan fingerprint density at radius 1 is 1.32 bits per heavy atom. The van der Waals surface area contributed by atoms with Crippen molar-refractivity contribution >= 4 is 15.9 Å². The molecule has 6 heteroatoms. The maximum Gasteiger partial charge on any atom is 0.263 e. The molecule has 0 unspecified atom stereocenters. The summed E-state index contributed by atoms with van der Waals surface area (Å²) < 4.78 is 26.2. The van der Waals surface area contributed by atoms with Gasteiger partial charge in [0.15, 0.2) is 0 Å². The number of hydrogen-bond donors (Lipinski definition) is 2. The molecule has 0 amide bonds. The van der Waals surface area contributed by atoms with Gasteiger partial charge in [0.25, 0.3) is 10.0 Å². The Labute approximate surface area is 113 Å². The molecule has 1 aliphatic rings. The Kier molecular flexibility index (Phi) is 3.64. The number of rotatable bonds is 4. The number of aliphatic hydroxyl groups is 1. The molecule has 1 aromatic rings. The first-order chi connectivity index (χ1) is 8.86. The van der Waals surface area contributed by atoms with E-state index in [0.29, 0.717) is 24.4 Å². The van der Waals surface area contributed by atoms with Crippen molar-refractivity contribution < 1.29 is 13.5 Å². The fraction of sp³-hybridized carbons (Fsp3) is 0.462. The van der Waals surface area contributed by atoms with E-state index in [4.69, 9.17) is 5.11 Å². The molecule has 0 radical (unpaired) electrons. The fourth-order valence-electron chi connectivity index (χ4n) is 1.93. The van der Waals surface area contributed by atoms with Crippen LogP contribution in [0.25, 0.3) is 0 Å². The first-order valence-corrected chi connectivity index (χ1v) is 7.62. The number of aliphatic imine (C=N–C) groups is 1. The van der Waals surface area contributed by atoms with Gasteiger partial charge < -0.3 is 5.11 Å². The molecule has 0 aliphatic carbocycles. The molecule has 0 bridgehead atoms. The number of amidine groups is 1. The summed E-state index contributed by atoms with van der Waals surface area (Å²) in [6.07, 6.45) is 0.623. The molecule has 2 N–H and O–H groups in total. The van der Waals surface area contributed by atoms with Gasteiger partial charge in [-0.25, -0.2) is 8.42 Å². The SMILES string of the molecule is CC(C)(CCO)CN=C1NS(=O)(=O)c2ccccc21. The van der Waals surface area contributed by atoms with E-state index >= 15 is 0 Å². The summed E-state index contributed by atoms with van der Waals surface area (Å²) in [5, 5.41) is 8.97. The molecule has 2 rings (SSSR count). The molecule has 0 fully saturated rings. The molecule has 19 heavy (non-hydrogen) atoms. The largest absolute Gasteiger partial charge is 0.396 e. The number of fused-ring (bicyclic) bond motifs is 1. The van der Waals surface area contributed by atoms with Crippen LogP contribution in [0.4, 0.5) is 0 Å². The second kappa shape index (κ2) is 4.94. The lowest BCUT2D eigenvalue weighted by Crippen LogP contribution is -2.25. The van der Waals surface area contributed by atoms with Gasteiger partial charge in [-0.2, -0.15) is 0 Å². The summed E-state index contributed by atoms with van der Waals surface area (Å²) in [6.45, 7) is 4.53. The van der Waals surface area contributed by atoms with Crippen LogP contribution >= 0.6 is 0 Å². The van der Waals surface area contributed by atoms with Crippen molar-refractivity contribution in [1.29, 1.82) is 0 Å². The minimum atomic E-state index is -3.46. The highest BCUT2D eigenvalue weighted by molar-refractivity contribution is 7.90. The van der Waals surface area contributed by atoms with Gasteiger partial charge in [0.1, 0.15) is 5.84 Å². The zero-order valence-corrected chi connectivity index (χ0v) is 11.9. The van der Waals surface area contributed by atoms with E-state index in [9.17, 15) is 8.42 Å². The average molecular weight is 282 g/mol. The second-order valence-corrected chi connectivity index (χ2v) is 7.06. The van der Waals surface area contributed by atoms with Gasteiger partial charge in [0, 0.05) is 18.7 Å². The molecule has 0 saturated heterocycles. The van der Waals surface area contributed by atoms with Crippen LogP contribution in [-0.4, -0.2) is 32.5 Å². The van der Waals surface area contributed by atoms with Gasteiger partial charge in [-0.15, -0.1) is 0 Å². The predicted molar refractivity (Wildman–Crippen MR) is 73.7 cm³/mol. The Bertz CT molecular complexity index is 606. The van der Waals surface area contributed by atoms with Crippen molar-refractivity contribution in [2.24, 2.45) is 10.4 Å². The number of hydrogen-bond acceptors (Lipinski definition) is 4. The highest BCUT2D eigenvalue weighted by Gasteiger charge is 2.30. The van der Waals surface area contributed by atoms with E-state index in [1.54, 1.807) is 24.3 Å². The lowest BCUT2D eigenvalue weighted by Gasteiger charge is -2.20. The molecule has 5 nitrogen and oxygen atoms in total. The topological polar surface area (TPSA) is 78.8 Å². The summed E-state index contributed by atoms with van der Waals surface area (Å²) >= 11 is 0. The zero-order chi connectivity index (χ0) is 14.1. The number of nitrogens with one attached hydrogen (secondary N) is 1. The Morgan fingerprint density at radius 3 is 2.68 bits per heavy atom. The molecule has 1 aromatic carbocycles. The molecule has 1 aliphatic heterocycles.